The molecule has 0 spiro atoms. The molecule has 0 radical (unpaired) electrons. The van der Waals surface area contributed by atoms with Gasteiger partial charge in [-0.2, -0.15) is 0 Å². The van der Waals surface area contributed by atoms with Gasteiger partial charge in [-0.1, -0.05) is 24.3 Å². The molecule has 3 aromatic rings. The van der Waals surface area contributed by atoms with Gasteiger partial charge in [-0.3, -0.25) is 0 Å². The van der Waals surface area contributed by atoms with Gasteiger partial charge in [0.25, 0.3) is 0 Å². The molecule has 4 rings (SSSR count). The van der Waals surface area contributed by atoms with E-state index in [2.05, 4.69) is 51.8 Å². The Labute approximate surface area is 194 Å². The predicted molar refractivity (Wildman–Crippen MR) is 133 cm³/mol. The van der Waals surface area contributed by atoms with Crippen LogP contribution in [0.15, 0.2) is 48.8 Å². The molecule has 8 nitrogen and oxygen atoms in total. The average Bonchev–Trinajstić information content (AvgIpc) is 2.85. The Morgan fingerprint density at radius 1 is 1.00 bits per heavy atom. The number of carbonyl (C=O) groups excluding carboxylic acids is 1. The second-order valence-corrected chi connectivity index (χ2v) is 8.20. The summed E-state index contributed by atoms with van der Waals surface area (Å²) in [6.07, 6.45) is 1.52. The van der Waals surface area contributed by atoms with E-state index in [1.807, 2.05) is 19.2 Å². The molecule has 8 heteroatoms. The third kappa shape index (κ3) is 4.28. The van der Waals surface area contributed by atoms with Crippen molar-refractivity contribution in [3.05, 3.63) is 65.5 Å². The van der Waals surface area contributed by atoms with Gasteiger partial charge in [-0.05, 0) is 43.2 Å². The molecule has 2 aromatic carbocycles. The number of benzene rings is 2. The van der Waals surface area contributed by atoms with Crippen LogP contribution in [0.2, 0.25) is 0 Å². The number of hydrogen-bond donors (Lipinski definition) is 1. The Morgan fingerprint density at radius 2 is 1.70 bits per heavy atom. The fourth-order valence-electron chi connectivity index (χ4n) is 4.30. The predicted octanol–water partition coefficient (Wildman–Crippen LogP) is 3.56. The minimum Gasteiger partial charge on any atom is -0.465 e. The number of hydrogen-bond acceptors (Lipinski definition) is 8. The largest absolute Gasteiger partial charge is 0.465 e. The van der Waals surface area contributed by atoms with Crippen molar-refractivity contribution >= 4 is 34.7 Å². The van der Waals surface area contributed by atoms with Gasteiger partial charge in [-0.15, -0.1) is 0 Å². The Kier molecular flexibility index (Phi) is 6.35. The molecule has 0 amide bonds. The first-order valence-electron chi connectivity index (χ1n) is 11.0. The van der Waals surface area contributed by atoms with Crippen molar-refractivity contribution in [3.8, 4) is 0 Å². The summed E-state index contributed by atoms with van der Waals surface area (Å²) < 4.78 is 4.93. The number of anilines is 5. The Hall–Kier alpha value is -3.81. The number of nitrogens with zero attached hydrogens (tertiary/aromatic N) is 5. The highest BCUT2D eigenvalue weighted by atomic mass is 16.5. The summed E-state index contributed by atoms with van der Waals surface area (Å²) in [6.45, 7) is 7.68. The number of nitrogens with two attached hydrogens (primary N) is 1. The topological polar surface area (TPSA) is 87.8 Å². The molecule has 1 aliphatic rings. The van der Waals surface area contributed by atoms with Crippen molar-refractivity contribution in [3.63, 3.8) is 0 Å². The number of ether oxygens (including phenoxy) is 1. The van der Waals surface area contributed by atoms with E-state index in [9.17, 15) is 4.79 Å². The maximum absolute atomic E-state index is 12.2. The Morgan fingerprint density at radius 3 is 2.42 bits per heavy atom. The fraction of sp³-hybridized carbons (Fsp3) is 0.320. The second kappa shape index (κ2) is 9.36. The molecule has 1 aromatic heterocycles. The normalized spacial score (nSPS) is 13.7. The van der Waals surface area contributed by atoms with Gasteiger partial charge in [0.2, 0.25) is 0 Å². The standard InChI is InChI=1S/C25H30N6O2/c1-17-8-7-11-20(18(17)2)30-12-14-31(15-13-30)24-22(26)23(27-16-28-24)29(3)21-10-6-5-9-19(21)25(32)33-4/h5-11,16H,12-15,26H2,1-4H3. The first-order chi connectivity index (χ1) is 15.9. The van der Waals surface area contributed by atoms with Gasteiger partial charge in [0, 0.05) is 38.9 Å². The highest BCUT2D eigenvalue weighted by Crippen LogP contribution is 2.35. The van der Waals surface area contributed by atoms with E-state index in [1.165, 1.54) is 30.3 Å². The van der Waals surface area contributed by atoms with E-state index in [4.69, 9.17) is 10.5 Å². The summed E-state index contributed by atoms with van der Waals surface area (Å²) in [7, 11) is 3.21. The van der Waals surface area contributed by atoms with Crippen LogP contribution in [0.25, 0.3) is 0 Å². The third-order valence-electron chi connectivity index (χ3n) is 6.33. The van der Waals surface area contributed by atoms with Gasteiger partial charge >= 0.3 is 5.97 Å². The van der Waals surface area contributed by atoms with Gasteiger partial charge in [0.05, 0.1) is 18.4 Å². The monoisotopic (exact) mass is 446 g/mol. The van der Waals surface area contributed by atoms with Crippen molar-refractivity contribution in [1.82, 2.24) is 9.97 Å². The zero-order valence-electron chi connectivity index (χ0n) is 19.6. The summed E-state index contributed by atoms with van der Waals surface area (Å²) in [5.74, 6) is 0.851. The number of para-hydroxylation sites is 1. The number of aromatic nitrogens is 2. The number of rotatable bonds is 5. The van der Waals surface area contributed by atoms with E-state index < -0.39 is 5.97 Å². The van der Waals surface area contributed by atoms with E-state index >= 15 is 0 Å². The van der Waals surface area contributed by atoms with E-state index in [0.717, 1.165) is 26.2 Å². The van der Waals surface area contributed by atoms with Crippen LogP contribution in [-0.2, 0) is 4.74 Å². The summed E-state index contributed by atoms with van der Waals surface area (Å²) in [6, 6.07) is 13.7. The minimum atomic E-state index is -0.409. The summed E-state index contributed by atoms with van der Waals surface area (Å²) >= 11 is 0. The molecular weight excluding hydrogens is 416 g/mol. The van der Waals surface area contributed by atoms with Crippen molar-refractivity contribution in [2.45, 2.75) is 13.8 Å². The minimum absolute atomic E-state index is 0.409. The number of methoxy groups -OCH3 is 1. The lowest BCUT2D eigenvalue weighted by atomic mass is 10.1. The molecule has 1 aliphatic heterocycles. The fourth-order valence-corrected chi connectivity index (χ4v) is 4.30. The number of piperazine rings is 1. The second-order valence-electron chi connectivity index (χ2n) is 8.20. The van der Waals surface area contributed by atoms with E-state index in [-0.39, 0.29) is 0 Å². The van der Waals surface area contributed by atoms with E-state index in [0.29, 0.717) is 28.6 Å². The third-order valence-corrected chi connectivity index (χ3v) is 6.33. The molecule has 2 N–H and O–H groups in total. The van der Waals surface area contributed by atoms with E-state index in [1.54, 1.807) is 17.0 Å². The number of nitrogen functional groups attached to an aromatic ring is 1. The zero-order valence-corrected chi connectivity index (χ0v) is 19.6. The highest BCUT2D eigenvalue weighted by Gasteiger charge is 2.24. The van der Waals surface area contributed by atoms with Gasteiger partial charge in [-0.25, -0.2) is 14.8 Å². The molecule has 1 fully saturated rings. The van der Waals surface area contributed by atoms with Crippen LogP contribution in [0.3, 0.4) is 0 Å². The first-order valence-corrected chi connectivity index (χ1v) is 11.0. The molecular formula is C25H30N6O2. The molecule has 0 unspecified atom stereocenters. The Bertz CT molecular complexity index is 1160. The van der Waals surface area contributed by atoms with Crippen LogP contribution in [0.4, 0.5) is 28.7 Å². The number of esters is 1. The van der Waals surface area contributed by atoms with Crippen molar-refractivity contribution < 1.29 is 9.53 Å². The zero-order chi connectivity index (χ0) is 23.5. The molecule has 0 aliphatic carbocycles. The maximum Gasteiger partial charge on any atom is 0.339 e. The average molecular weight is 447 g/mol. The van der Waals surface area contributed by atoms with Crippen LogP contribution < -0.4 is 20.4 Å². The summed E-state index contributed by atoms with van der Waals surface area (Å²) in [5, 5.41) is 0. The molecule has 33 heavy (non-hydrogen) atoms. The van der Waals surface area contributed by atoms with Crippen molar-refractivity contribution in [2.75, 3.05) is 60.8 Å². The first kappa shape index (κ1) is 22.4. The SMILES string of the molecule is COC(=O)c1ccccc1N(C)c1ncnc(N2CCN(c3cccc(C)c3C)CC2)c1N. The lowest BCUT2D eigenvalue weighted by molar-refractivity contribution is 0.0601. The van der Waals surface area contributed by atoms with Crippen LogP contribution in [0, 0.1) is 13.8 Å². The van der Waals surface area contributed by atoms with Crippen molar-refractivity contribution in [2.24, 2.45) is 0 Å². The highest BCUT2D eigenvalue weighted by molar-refractivity contribution is 5.97. The number of carbonyl (C=O) groups is 1. The molecule has 0 saturated carbocycles. The molecule has 2 heterocycles. The molecule has 0 atom stereocenters. The Balaban J connectivity index is 1.56. The van der Waals surface area contributed by atoms with Crippen LogP contribution in [-0.4, -0.2) is 56.3 Å². The number of aryl methyl sites for hydroxylation is 1. The maximum atomic E-state index is 12.2. The van der Waals surface area contributed by atoms with Crippen LogP contribution >= 0.6 is 0 Å². The smallest absolute Gasteiger partial charge is 0.339 e. The van der Waals surface area contributed by atoms with Gasteiger partial charge < -0.3 is 25.2 Å². The lowest BCUT2D eigenvalue weighted by Crippen LogP contribution is -2.47. The van der Waals surface area contributed by atoms with Crippen LogP contribution in [0.1, 0.15) is 21.5 Å². The molecule has 1 saturated heterocycles. The lowest BCUT2D eigenvalue weighted by Gasteiger charge is -2.38. The molecule has 0 bridgehead atoms. The van der Waals surface area contributed by atoms with Gasteiger partial charge in [0.1, 0.15) is 12.0 Å². The summed E-state index contributed by atoms with van der Waals surface area (Å²) in [5.41, 5.74) is 12.1. The van der Waals surface area contributed by atoms with Crippen LogP contribution in [0.5, 0.6) is 0 Å². The van der Waals surface area contributed by atoms with Gasteiger partial charge in [0.15, 0.2) is 11.6 Å². The summed E-state index contributed by atoms with van der Waals surface area (Å²) in [4.78, 5) is 27.6. The molecule has 172 valence electrons. The van der Waals surface area contributed by atoms with Crippen molar-refractivity contribution in [1.29, 1.82) is 0 Å². The quantitative estimate of drug-likeness (QED) is 0.596.